The van der Waals surface area contributed by atoms with E-state index >= 15 is 0 Å². The molecule has 3 N–H and O–H groups in total. The maximum absolute atomic E-state index is 14.0. The third kappa shape index (κ3) is 2.86. The molecule has 0 amide bonds. The van der Waals surface area contributed by atoms with Crippen LogP contribution in [0, 0.1) is 11.7 Å². The summed E-state index contributed by atoms with van der Waals surface area (Å²) < 4.78 is 14.0. The van der Waals surface area contributed by atoms with Crippen LogP contribution in [-0.4, -0.2) is 24.1 Å². The van der Waals surface area contributed by atoms with Gasteiger partial charge in [0.05, 0.1) is 11.3 Å². The first kappa shape index (κ1) is 14.6. The van der Waals surface area contributed by atoms with Gasteiger partial charge in [-0.1, -0.05) is 18.1 Å². The van der Waals surface area contributed by atoms with Gasteiger partial charge in [0.2, 0.25) is 0 Å². The highest BCUT2D eigenvalue weighted by molar-refractivity contribution is 6.02. The van der Waals surface area contributed by atoms with Gasteiger partial charge < -0.3 is 15.8 Å². The Kier molecular flexibility index (Phi) is 4.47. The molecule has 1 fully saturated rings. The number of halogens is 1. The molecule has 0 heterocycles. The minimum absolute atomic E-state index is 0.177. The third-order valence-corrected chi connectivity index (χ3v) is 4.27. The Hall–Kier alpha value is -1.78. The predicted molar refractivity (Wildman–Crippen MR) is 78.7 cm³/mol. The summed E-state index contributed by atoms with van der Waals surface area (Å²) in [6.45, 7) is 2.26. The molecule has 0 radical (unpaired) electrons. The molecule has 1 saturated carbocycles. The minimum atomic E-state index is -0.464. The monoisotopic (exact) mass is 279 g/mol. The molecule has 0 saturated heterocycles. The zero-order valence-corrected chi connectivity index (χ0v) is 12.0. The molecule has 0 spiro atoms. The van der Waals surface area contributed by atoms with Gasteiger partial charge >= 0.3 is 0 Å². The molecule has 1 aromatic carbocycles. The van der Waals surface area contributed by atoms with Crippen LogP contribution in [0.4, 0.5) is 10.1 Å². The fourth-order valence-electron chi connectivity index (χ4n) is 2.94. The van der Waals surface area contributed by atoms with Crippen LogP contribution in [0.2, 0.25) is 0 Å². The van der Waals surface area contributed by atoms with Crippen molar-refractivity contribution in [3.63, 3.8) is 0 Å². The Morgan fingerprint density at radius 2 is 2.00 bits per heavy atom. The molecule has 1 aliphatic carbocycles. The lowest BCUT2D eigenvalue weighted by molar-refractivity contribution is 0.318. The first-order chi connectivity index (χ1) is 9.54. The molecule has 0 unspecified atom stereocenters. The maximum Gasteiger partial charge on any atom is 0.175 e. The highest BCUT2D eigenvalue weighted by Gasteiger charge is 2.25. The second kappa shape index (κ2) is 6.11. The second-order valence-corrected chi connectivity index (χ2v) is 5.64. The van der Waals surface area contributed by atoms with E-state index in [1.54, 1.807) is 6.07 Å². The number of hydrogen-bond donors (Lipinski definition) is 2. The van der Waals surface area contributed by atoms with Crippen molar-refractivity contribution in [1.29, 1.82) is 0 Å². The van der Waals surface area contributed by atoms with Gasteiger partial charge in [0.1, 0.15) is 5.82 Å². The molecular formula is C15H22FN3O. The van der Waals surface area contributed by atoms with Crippen molar-refractivity contribution in [1.82, 2.24) is 0 Å². The first-order valence-corrected chi connectivity index (χ1v) is 7.03. The lowest BCUT2D eigenvalue weighted by Crippen LogP contribution is -2.36. The molecule has 2 rings (SSSR count). The van der Waals surface area contributed by atoms with Crippen LogP contribution in [0.15, 0.2) is 23.4 Å². The number of amidine groups is 1. The number of anilines is 1. The minimum Gasteiger partial charge on any atom is -0.409 e. The van der Waals surface area contributed by atoms with Gasteiger partial charge in [-0.2, -0.15) is 0 Å². The van der Waals surface area contributed by atoms with E-state index in [9.17, 15) is 4.39 Å². The van der Waals surface area contributed by atoms with Crippen LogP contribution < -0.4 is 10.6 Å². The molecule has 4 nitrogen and oxygen atoms in total. The number of hydrogen-bond acceptors (Lipinski definition) is 3. The van der Waals surface area contributed by atoms with Crippen LogP contribution in [0.25, 0.3) is 0 Å². The van der Waals surface area contributed by atoms with E-state index in [4.69, 9.17) is 10.9 Å². The lowest BCUT2D eigenvalue weighted by atomic mass is 9.86. The fourth-order valence-corrected chi connectivity index (χ4v) is 2.94. The van der Waals surface area contributed by atoms with E-state index in [-0.39, 0.29) is 11.4 Å². The van der Waals surface area contributed by atoms with Crippen molar-refractivity contribution < 1.29 is 9.60 Å². The Morgan fingerprint density at radius 1 is 1.35 bits per heavy atom. The van der Waals surface area contributed by atoms with Gasteiger partial charge in [-0.3, -0.25) is 0 Å². The molecule has 1 aliphatic rings. The Morgan fingerprint density at radius 3 is 2.60 bits per heavy atom. The van der Waals surface area contributed by atoms with E-state index in [0.717, 1.165) is 18.8 Å². The quantitative estimate of drug-likeness (QED) is 0.387. The van der Waals surface area contributed by atoms with Crippen LogP contribution in [0.3, 0.4) is 0 Å². The molecule has 1 aromatic rings. The number of benzene rings is 1. The summed E-state index contributed by atoms with van der Waals surface area (Å²) in [6.07, 6.45) is 4.54. The van der Waals surface area contributed by atoms with Gasteiger partial charge in [-0.15, -0.1) is 0 Å². The fraction of sp³-hybridized carbons (Fsp3) is 0.533. The van der Waals surface area contributed by atoms with E-state index in [1.807, 2.05) is 13.1 Å². The van der Waals surface area contributed by atoms with Crippen molar-refractivity contribution in [2.24, 2.45) is 16.8 Å². The van der Waals surface area contributed by atoms with E-state index in [2.05, 4.69) is 17.0 Å². The summed E-state index contributed by atoms with van der Waals surface area (Å²) in [6, 6.07) is 5.17. The smallest absolute Gasteiger partial charge is 0.175 e. The SMILES string of the molecule is CC1CCC(N(C)c2cccc(F)c2C(N)=NO)CC1. The second-order valence-electron chi connectivity index (χ2n) is 5.64. The maximum atomic E-state index is 14.0. The summed E-state index contributed by atoms with van der Waals surface area (Å²) in [5.41, 5.74) is 6.48. The number of rotatable bonds is 3. The van der Waals surface area contributed by atoms with Crippen molar-refractivity contribution >= 4 is 11.5 Å². The summed E-state index contributed by atoms with van der Waals surface area (Å²) in [5, 5.41) is 11.8. The van der Waals surface area contributed by atoms with Gasteiger partial charge in [0.15, 0.2) is 5.84 Å². The molecular weight excluding hydrogens is 257 g/mol. The van der Waals surface area contributed by atoms with Crippen molar-refractivity contribution in [2.45, 2.75) is 38.6 Å². The molecule has 0 aliphatic heterocycles. The Bertz CT molecular complexity index is 496. The Labute approximate surface area is 119 Å². The van der Waals surface area contributed by atoms with Crippen LogP contribution in [0.5, 0.6) is 0 Å². The molecule has 0 aromatic heterocycles. The topological polar surface area (TPSA) is 61.8 Å². The van der Waals surface area contributed by atoms with E-state index in [1.165, 1.54) is 18.9 Å². The largest absolute Gasteiger partial charge is 0.409 e. The van der Waals surface area contributed by atoms with Crippen molar-refractivity contribution in [2.75, 3.05) is 11.9 Å². The zero-order valence-electron chi connectivity index (χ0n) is 12.0. The third-order valence-electron chi connectivity index (χ3n) is 4.27. The summed E-state index contributed by atoms with van der Waals surface area (Å²) in [5.74, 6) is 0.110. The molecule has 20 heavy (non-hydrogen) atoms. The van der Waals surface area contributed by atoms with Gasteiger partial charge in [-0.25, -0.2) is 4.39 Å². The van der Waals surface area contributed by atoms with Crippen LogP contribution >= 0.6 is 0 Å². The van der Waals surface area contributed by atoms with Crippen LogP contribution in [-0.2, 0) is 0 Å². The van der Waals surface area contributed by atoms with Gasteiger partial charge in [0, 0.05) is 13.1 Å². The van der Waals surface area contributed by atoms with E-state index < -0.39 is 5.82 Å². The summed E-state index contributed by atoms with van der Waals surface area (Å²) in [7, 11) is 1.95. The molecule has 0 atom stereocenters. The number of oxime groups is 1. The average Bonchev–Trinajstić information content (AvgIpc) is 2.46. The summed E-state index contributed by atoms with van der Waals surface area (Å²) in [4.78, 5) is 2.06. The molecule has 110 valence electrons. The summed E-state index contributed by atoms with van der Waals surface area (Å²) >= 11 is 0. The average molecular weight is 279 g/mol. The van der Waals surface area contributed by atoms with Gasteiger partial charge in [0.25, 0.3) is 0 Å². The number of nitrogens with two attached hydrogens (primary N) is 1. The molecule has 0 bridgehead atoms. The zero-order chi connectivity index (χ0) is 14.7. The number of nitrogens with zero attached hydrogens (tertiary/aromatic N) is 2. The van der Waals surface area contributed by atoms with Crippen LogP contribution in [0.1, 0.15) is 38.2 Å². The lowest BCUT2D eigenvalue weighted by Gasteiger charge is -2.36. The van der Waals surface area contributed by atoms with Gasteiger partial charge in [-0.05, 0) is 43.7 Å². The highest BCUT2D eigenvalue weighted by atomic mass is 19.1. The van der Waals surface area contributed by atoms with Crippen molar-refractivity contribution in [3.8, 4) is 0 Å². The predicted octanol–water partition coefficient (Wildman–Crippen LogP) is 2.94. The van der Waals surface area contributed by atoms with Crippen molar-refractivity contribution in [3.05, 3.63) is 29.6 Å². The van der Waals surface area contributed by atoms with E-state index in [0.29, 0.717) is 11.7 Å². The standard InChI is InChI=1S/C15H22FN3O/c1-10-6-8-11(9-7-10)19(2)13-5-3-4-12(16)14(13)15(17)18-20/h3-5,10-11,20H,6-9H2,1-2H3,(H2,17,18). The molecule has 5 heteroatoms. The highest BCUT2D eigenvalue weighted by Crippen LogP contribution is 2.31. The Balaban J connectivity index is 2.30. The normalized spacial score (nSPS) is 23.6. The first-order valence-electron chi connectivity index (χ1n) is 7.03.